The van der Waals surface area contributed by atoms with Gasteiger partial charge < -0.3 is 9.80 Å². The zero-order chi connectivity index (χ0) is 18.9. The number of aromatic nitrogens is 2. The van der Waals surface area contributed by atoms with Gasteiger partial charge in [-0.25, -0.2) is 9.97 Å². The third-order valence-corrected chi connectivity index (χ3v) is 8.05. The van der Waals surface area contributed by atoms with Gasteiger partial charge in [-0.3, -0.25) is 4.79 Å². The summed E-state index contributed by atoms with van der Waals surface area (Å²) in [4.78, 5) is 29.1. The van der Waals surface area contributed by atoms with Crippen LogP contribution in [0.3, 0.4) is 0 Å². The van der Waals surface area contributed by atoms with Gasteiger partial charge in [0.25, 0.3) is 0 Å². The van der Waals surface area contributed by atoms with Crippen LogP contribution in [-0.4, -0.2) is 47.0 Å². The van der Waals surface area contributed by atoms with Crippen LogP contribution in [-0.2, 0) is 17.6 Å². The summed E-state index contributed by atoms with van der Waals surface area (Å²) >= 11 is 1.87. The number of hydrogen-bond acceptors (Lipinski definition) is 5. The van der Waals surface area contributed by atoms with E-state index in [0.29, 0.717) is 11.8 Å². The van der Waals surface area contributed by atoms with E-state index in [0.717, 1.165) is 49.7 Å². The minimum Gasteiger partial charge on any atom is -0.352 e. The molecular formula is C22H30N4OS. The second-order valence-corrected chi connectivity index (χ2v) is 9.75. The number of aryl methyl sites for hydroxylation is 2. The maximum Gasteiger partial charge on any atom is 0.222 e. The molecule has 3 aliphatic rings. The minimum atomic E-state index is 0.365. The lowest BCUT2D eigenvalue weighted by molar-refractivity contribution is -0.132. The summed E-state index contributed by atoms with van der Waals surface area (Å²) in [6.07, 6.45) is 13.8. The number of carbonyl (C=O) groups excluding carboxylic acids is 1. The van der Waals surface area contributed by atoms with Crippen LogP contribution in [0.25, 0.3) is 10.2 Å². The average molecular weight is 399 g/mol. The van der Waals surface area contributed by atoms with Crippen molar-refractivity contribution in [2.45, 2.75) is 64.2 Å². The van der Waals surface area contributed by atoms with Crippen molar-refractivity contribution in [1.82, 2.24) is 14.9 Å². The number of anilines is 1. The molecule has 0 aromatic carbocycles. The van der Waals surface area contributed by atoms with Crippen molar-refractivity contribution in [3.05, 3.63) is 16.8 Å². The van der Waals surface area contributed by atoms with Gasteiger partial charge in [0.1, 0.15) is 17.0 Å². The molecule has 2 aliphatic carbocycles. The van der Waals surface area contributed by atoms with Crippen LogP contribution in [0.15, 0.2) is 6.33 Å². The van der Waals surface area contributed by atoms with E-state index in [9.17, 15) is 4.79 Å². The number of carbonyl (C=O) groups is 1. The van der Waals surface area contributed by atoms with E-state index in [2.05, 4.69) is 14.8 Å². The van der Waals surface area contributed by atoms with Crippen molar-refractivity contribution < 1.29 is 4.79 Å². The Balaban J connectivity index is 1.31. The lowest BCUT2D eigenvalue weighted by Crippen LogP contribution is -2.49. The van der Waals surface area contributed by atoms with Crippen LogP contribution in [0, 0.1) is 5.92 Å². The van der Waals surface area contributed by atoms with E-state index in [1.165, 1.54) is 67.2 Å². The smallest absolute Gasteiger partial charge is 0.222 e. The fourth-order valence-corrected chi connectivity index (χ4v) is 6.47. The number of thiophene rings is 1. The first-order valence-electron chi connectivity index (χ1n) is 11.1. The van der Waals surface area contributed by atoms with Crippen LogP contribution >= 0.6 is 11.3 Å². The van der Waals surface area contributed by atoms with Gasteiger partial charge in [0.2, 0.25) is 5.91 Å². The molecule has 2 fully saturated rings. The molecule has 1 saturated carbocycles. The van der Waals surface area contributed by atoms with E-state index in [-0.39, 0.29) is 0 Å². The molecule has 0 bridgehead atoms. The Bertz CT molecular complexity index is 850. The molecule has 2 aromatic rings. The Morgan fingerprint density at radius 3 is 2.61 bits per heavy atom. The molecule has 0 radical (unpaired) electrons. The van der Waals surface area contributed by atoms with Crippen LogP contribution in [0.2, 0.25) is 0 Å². The summed E-state index contributed by atoms with van der Waals surface area (Å²) in [5.74, 6) is 2.10. The standard InChI is InChI=1S/C22H30N4OS/c27-19(14-16-6-4-5-7-16)25-10-12-26(13-11-25)21-20-17-8-2-1-3-9-18(17)28-22(20)24-15-23-21/h15-16H,1-14H2. The van der Waals surface area contributed by atoms with Gasteiger partial charge in [0.05, 0.1) is 5.39 Å². The van der Waals surface area contributed by atoms with Crippen molar-refractivity contribution in [3.63, 3.8) is 0 Å². The highest BCUT2D eigenvalue weighted by Crippen LogP contribution is 2.39. The molecule has 0 unspecified atom stereocenters. The molecule has 0 spiro atoms. The van der Waals surface area contributed by atoms with E-state index in [1.54, 1.807) is 6.33 Å². The topological polar surface area (TPSA) is 49.3 Å². The molecule has 1 saturated heterocycles. The Hall–Kier alpha value is -1.69. The fraction of sp³-hybridized carbons (Fsp3) is 0.682. The molecule has 150 valence electrons. The summed E-state index contributed by atoms with van der Waals surface area (Å²) in [5, 5.41) is 1.30. The zero-order valence-electron chi connectivity index (χ0n) is 16.7. The normalized spacial score (nSPS) is 21.1. The first-order chi connectivity index (χ1) is 13.8. The van der Waals surface area contributed by atoms with Gasteiger partial charge in [-0.2, -0.15) is 0 Å². The second-order valence-electron chi connectivity index (χ2n) is 8.66. The predicted octanol–water partition coefficient (Wildman–Crippen LogP) is 4.19. The highest BCUT2D eigenvalue weighted by Gasteiger charge is 2.27. The van der Waals surface area contributed by atoms with Crippen molar-refractivity contribution >= 4 is 33.3 Å². The Kier molecular flexibility index (Phi) is 5.22. The molecule has 6 heteroatoms. The number of nitrogens with zero attached hydrogens (tertiary/aromatic N) is 4. The van der Waals surface area contributed by atoms with Crippen molar-refractivity contribution in [3.8, 4) is 0 Å². The monoisotopic (exact) mass is 398 g/mol. The molecular weight excluding hydrogens is 368 g/mol. The summed E-state index contributed by atoms with van der Waals surface area (Å²) in [5.41, 5.74) is 1.51. The van der Waals surface area contributed by atoms with E-state index < -0.39 is 0 Å². The maximum atomic E-state index is 12.7. The molecule has 5 nitrogen and oxygen atoms in total. The lowest BCUT2D eigenvalue weighted by atomic mass is 10.0. The average Bonchev–Trinajstić information content (AvgIpc) is 3.29. The Morgan fingerprint density at radius 1 is 1.00 bits per heavy atom. The first kappa shape index (κ1) is 18.3. The summed E-state index contributed by atoms with van der Waals surface area (Å²) < 4.78 is 0. The number of fused-ring (bicyclic) bond motifs is 3. The molecule has 5 rings (SSSR count). The van der Waals surface area contributed by atoms with Crippen LogP contribution in [0.1, 0.15) is 61.8 Å². The van der Waals surface area contributed by atoms with Gasteiger partial charge in [0.15, 0.2) is 0 Å². The van der Waals surface area contributed by atoms with Gasteiger partial charge in [-0.05, 0) is 50.0 Å². The SMILES string of the molecule is O=C(CC1CCCC1)N1CCN(c2ncnc3sc4c(c23)CCCCC4)CC1. The molecule has 1 aliphatic heterocycles. The summed E-state index contributed by atoms with van der Waals surface area (Å²) in [6, 6.07) is 0. The molecule has 2 aromatic heterocycles. The summed E-state index contributed by atoms with van der Waals surface area (Å²) in [6.45, 7) is 3.41. The number of hydrogen-bond donors (Lipinski definition) is 0. The number of piperazine rings is 1. The molecule has 0 N–H and O–H groups in total. The maximum absolute atomic E-state index is 12.7. The van der Waals surface area contributed by atoms with Crippen LogP contribution in [0.4, 0.5) is 5.82 Å². The zero-order valence-corrected chi connectivity index (χ0v) is 17.5. The largest absolute Gasteiger partial charge is 0.352 e. The lowest BCUT2D eigenvalue weighted by Gasteiger charge is -2.36. The quantitative estimate of drug-likeness (QED) is 0.728. The highest BCUT2D eigenvalue weighted by atomic mass is 32.1. The van der Waals surface area contributed by atoms with E-state index >= 15 is 0 Å². The van der Waals surface area contributed by atoms with Gasteiger partial charge >= 0.3 is 0 Å². The summed E-state index contributed by atoms with van der Waals surface area (Å²) in [7, 11) is 0. The Labute approximate surface area is 171 Å². The van der Waals surface area contributed by atoms with Crippen molar-refractivity contribution in [1.29, 1.82) is 0 Å². The number of amides is 1. The van der Waals surface area contributed by atoms with Crippen LogP contribution < -0.4 is 4.90 Å². The Morgan fingerprint density at radius 2 is 1.79 bits per heavy atom. The predicted molar refractivity (Wildman–Crippen MR) is 114 cm³/mol. The highest BCUT2D eigenvalue weighted by molar-refractivity contribution is 7.18. The van der Waals surface area contributed by atoms with E-state index in [1.807, 2.05) is 11.3 Å². The minimum absolute atomic E-state index is 0.365. The van der Waals surface area contributed by atoms with Crippen molar-refractivity contribution in [2.75, 3.05) is 31.1 Å². The second kappa shape index (κ2) is 7.97. The van der Waals surface area contributed by atoms with E-state index in [4.69, 9.17) is 4.98 Å². The van der Waals surface area contributed by atoms with Gasteiger partial charge in [-0.1, -0.05) is 19.3 Å². The molecule has 1 amide bonds. The molecule has 28 heavy (non-hydrogen) atoms. The third-order valence-electron chi connectivity index (χ3n) is 6.85. The third kappa shape index (κ3) is 3.51. The van der Waals surface area contributed by atoms with Gasteiger partial charge in [0, 0.05) is 37.5 Å². The van der Waals surface area contributed by atoms with Gasteiger partial charge in [-0.15, -0.1) is 11.3 Å². The first-order valence-corrected chi connectivity index (χ1v) is 11.9. The fourth-order valence-electron chi connectivity index (χ4n) is 5.25. The molecule has 0 atom stereocenters. The number of rotatable bonds is 3. The van der Waals surface area contributed by atoms with Crippen LogP contribution in [0.5, 0.6) is 0 Å². The van der Waals surface area contributed by atoms with Crippen molar-refractivity contribution in [2.24, 2.45) is 5.92 Å². The molecule has 3 heterocycles.